The Morgan fingerprint density at radius 1 is 1.09 bits per heavy atom. The molecular formula is C24H36N3O5P. The Kier molecular flexibility index (Phi) is 8.38. The summed E-state index contributed by atoms with van der Waals surface area (Å²) in [6, 6.07) is 7.56. The Bertz CT molecular complexity index is 965. The normalized spacial score (nSPS) is 15.0. The number of anilines is 1. The molecule has 3 rings (SSSR count). The highest BCUT2D eigenvalue weighted by molar-refractivity contribution is 7.62. The maximum absolute atomic E-state index is 13.5. The summed E-state index contributed by atoms with van der Waals surface area (Å²) in [5.74, 6) is 0.455. The zero-order valence-corrected chi connectivity index (χ0v) is 21.2. The number of piperidine rings is 1. The summed E-state index contributed by atoms with van der Waals surface area (Å²) in [5, 5.41) is 2.85. The fourth-order valence-corrected chi connectivity index (χ4v) is 5.44. The Labute approximate surface area is 196 Å². The summed E-state index contributed by atoms with van der Waals surface area (Å²) < 4.78 is 30.6. The zero-order valence-electron chi connectivity index (χ0n) is 20.3. The number of nitrogens with zero attached hydrogens (tertiary/aromatic N) is 2. The number of amides is 1. The van der Waals surface area contributed by atoms with Crippen molar-refractivity contribution in [1.29, 1.82) is 0 Å². The van der Waals surface area contributed by atoms with Gasteiger partial charge >= 0.3 is 7.60 Å². The van der Waals surface area contributed by atoms with Crippen molar-refractivity contribution in [2.75, 3.05) is 31.2 Å². The van der Waals surface area contributed by atoms with E-state index in [9.17, 15) is 9.36 Å². The first kappa shape index (κ1) is 25.5. The van der Waals surface area contributed by atoms with Gasteiger partial charge in [-0.3, -0.25) is 9.36 Å². The molecule has 0 radical (unpaired) electrons. The van der Waals surface area contributed by atoms with Crippen LogP contribution in [0, 0.1) is 0 Å². The van der Waals surface area contributed by atoms with Crippen LogP contribution in [0.3, 0.4) is 0 Å². The van der Waals surface area contributed by atoms with Gasteiger partial charge in [-0.15, -0.1) is 0 Å². The van der Waals surface area contributed by atoms with Gasteiger partial charge in [-0.05, 0) is 56.2 Å². The van der Waals surface area contributed by atoms with Crippen molar-refractivity contribution < 1.29 is 22.8 Å². The van der Waals surface area contributed by atoms with Crippen molar-refractivity contribution in [2.24, 2.45) is 0 Å². The van der Waals surface area contributed by atoms with Crippen molar-refractivity contribution in [3.63, 3.8) is 0 Å². The van der Waals surface area contributed by atoms with Crippen molar-refractivity contribution in [1.82, 2.24) is 10.3 Å². The summed E-state index contributed by atoms with van der Waals surface area (Å²) >= 11 is 0. The molecular weight excluding hydrogens is 441 g/mol. The van der Waals surface area contributed by atoms with E-state index in [0.29, 0.717) is 11.4 Å². The van der Waals surface area contributed by atoms with Crippen LogP contribution in [0.15, 0.2) is 28.7 Å². The maximum atomic E-state index is 13.5. The van der Waals surface area contributed by atoms with Crippen molar-refractivity contribution in [2.45, 2.75) is 65.8 Å². The average molecular weight is 478 g/mol. The molecule has 0 unspecified atom stereocenters. The number of hydrogen-bond donors (Lipinski definition) is 1. The Morgan fingerprint density at radius 3 is 2.24 bits per heavy atom. The summed E-state index contributed by atoms with van der Waals surface area (Å²) in [5.41, 5.74) is 1.92. The Hall–Kier alpha value is -2.15. The number of benzene rings is 1. The molecule has 2 aromatic rings. The monoisotopic (exact) mass is 477 g/mol. The predicted octanol–water partition coefficient (Wildman–Crippen LogP) is 4.78. The van der Waals surface area contributed by atoms with E-state index in [4.69, 9.17) is 13.5 Å². The van der Waals surface area contributed by atoms with E-state index >= 15 is 0 Å². The van der Waals surface area contributed by atoms with Gasteiger partial charge < -0.3 is 23.7 Å². The van der Waals surface area contributed by atoms with E-state index in [1.165, 1.54) is 0 Å². The third-order valence-corrected chi connectivity index (χ3v) is 7.56. The van der Waals surface area contributed by atoms with Crippen LogP contribution in [0.4, 0.5) is 5.88 Å². The van der Waals surface area contributed by atoms with Crippen LogP contribution in [-0.2, 0) is 25.6 Å². The minimum atomic E-state index is -3.64. The van der Waals surface area contributed by atoms with Gasteiger partial charge in [0.25, 0.3) is 5.91 Å². The Balaban J connectivity index is 1.80. The van der Waals surface area contributed by atoms with Gasteiger partial charge in [-0.25, -0.2) is 4.98 Å². The fraction of sp³-hybridized carbons (Fsp3) is 0.583. The van der Waals surface area contributed by atoms with E-state index < -0.39 is 7.60 Å². The average Bonchev–Trinajstić information content (AvgIpc) is 3.23. The first-order chi connectivity index (χ1) is 15.7. The van der Waals surface area contributed by atoms with E-state index in [-0.39, 0.29) is 42.4 Å². The van der Waals surface area contributed by atoms with E-state index in [2.05, 4.69) is 31.1 Å². The van der Waals surface area contributed by atoms with Gasteiger partial charge in [-0.2, -0.15) is 0 Å². The van der Waals surface area contributed by atoms with Gasteiger partial charge in [0.2, 0.25) is 17.2 Å². The summed E-state index contributed by atoms with van der Waals surface area (Å²) in [6.45, 7) is 12.0. The van der Waals surface area contributed by atoms with Crippen molar-refractivity contribution >= 4 is 24.8 Å². The van der Waals surface area contributed by atoms with Gasteiger partial charge in [0.05, 0.1) is 19.8 Å². The largest absolute Gasteiger partial charge is 0.422 e. The maximum Gasteiger partial charge on any atom is 0.385 e. The molecule has 0 bridgehead atoms. The molecule has 0 spiro atoms. The van der Waals surface area contributed by atoms with Crippen LogP contribution in [0.25, 0.3) is 0 Å². The van der Waals surface area contributed by atoms with Gasteiger partial charge in [-0.1, -0.05) is 32.9 Å². The Morgan fingerprint density at radius 2 is 1.70 bits per heavy atom. The van der Waals surface area contributed by atoms with Crippen LogP contribution < -0.4 is 15.7 Å². The van der Waals surface area contributed by atoms with Crippen LogP contribution in [0.1, 0.15) is 75.7 Å². The standard InChI is InChI=1S/C24H36N3O5P/c1-6-30-33(29,31-7-2)22-23(27-15-9-8-10-16-27)32-20(26-22)17-25-21(28)18-11-13-19(14-12-18)24(3,4)5/h11-14H,6-10,15-17H2,1-5H3,(H,25,28). The molecule has 0 saturated carbocycles. The summed E-state index contributed by atoms with van der Waals surface area (Å²) in [7, 11) is -3.64. The van der Waals surface area contributed by atoms with E-state index in [0.717, 1.165) is 37.9 Å². The summed E-state index contributed by atoms with van der Waals surface area (Å²) in [6.07, 6.45) is 3.18. The molecule has 1 aromatic carbocycles. The molecule has 1 saturated heterocycles. The van der Waals surface area contributed by atoms with Crippen LogP contribution in [-0.4, -0.2) is 37.2 Å². The van der Waals surface area contributed by atoms with E-state index in [1.807, 2.05) is 29.2 Å². The predicted molar refractivity (Wildman–Crippen MR) is 129 cm³/mol. The number of oxazole rings is 1. The van der Waals surface area contributed by atoms with Gasteiger partial charge in [0, 0.05) is 18.7 Å². The molecule has 1 amide bonds. The lowest BCUT2D eigenvalue weighted by atomic mass is 9.87. The third-order valence-electron chi connectivity index (χ3n) is 5.55. The number of carbonyl (C=O) groups excluding carboxylic acids is 1. The number of aromatic nitrogens is 1. The molecule has 1 fully saturated rings. The van der Waals surface area contributed by atoms with Crippen molar-refractivity contribution in [3.8, 4) is 0 Å². The molecule has 8 nitrogen and oxygen atoms in total. The molecule has 0 aliphatic carbocycles. The highest BCUT2D eigenvalue weighted by Crippen LogP contribution is 2.49. The minimum absolute atomic E-state index is 0.0173. The van der Waals surface area contributed by atoms with Gasteiger partial charge in [0.1, 0.15) is 0 Å². The number of hydrogen-bond acceptors (Lipinski definition) is 7. The number of carbonyl (C=O) groups is 1. The molecule has 1 aliphatic heterocycles. The summed E-state index contributed by atoms with van der Waals surface area (Å²) in [4.78, 5) is 19.2. The lowest BCUT2D eigenvalue weighted by Crippen LogP contribution is -2.33. The molecule has 2 heterocycles. The molecule has 182 valence electrons. The first-order valence-corrected chi connectivity index (χ1v) is 13.2. The van der Waals surface area contributed by atoms with Crippen LogP contribution >= 0.6 is 7.60 Å². The highest BCUT2D eigenvalue weighted by atomic mass is 31.2. The quantitative estimate of drug-likeness (QED) is 0.519. The van der Waals surface area contributed by atoms with Crippen LogP contribution in [0.2, 0.25) is 0 Å². The molecule has 1 aromatic heterocycles. The third kappa shape index (κ3) is 6.25. The molecule has 9 heteroatoms. The van der Waals surface area contributed by atoms with Gasteiger partial charge in [0.15, 0.2) is 0 Å². The second-order valence-electron chi connectivity index (χ2n) is 9.13. The minimum Gasteiger partial charge on any atom is -0.422 e. The smallest absolute Gasteiger partial charge is 0.385 e. The molecule has 1 N–H and O–H groups in total. The van der Waals surface area contributed by atoms with E-state index in [1.54, 1.807) is 13.8 Å². The number of nitrogens with one attached hydrogen (secondary N) is 1. The lowest BCUT2D eigenvalue weighted by Gasteiger charge is -2.27. The zero-order chi connectivity index (χ0) is 24.1. The first-order valence-electron chi connectivity index (χ1n) is 11.7. The second kappa shape index (κ2) is 10.9. The molecule has 33 heavy (non-hydrogen) atoms. The SMILES string of the molecule is CCOP(=O)(OCC)c1nc(CNC(=O)c2ccc(C(C)(C)C)cc2)oc1N1CCCCC1. The molecule has 1 aliphatic rings. The fourth-order valence-electron chi connectivity index (χ4n) is 3.78. The highest BCUT2D eigenvalue weighted by Gasteiger charge is 2.37. The lowest BCUT2D eigenvalue weighted by molar-refractivity contribution is 0.0947. The molecule has 0 atom stereocenters. The van der Waals surface area contributed by atoms with Crippen molar-refractivity contribution in [3.05, 3.63) is 41.3 Å². The second-order valence-corrected chi connectivity index (χ2v) is 11.1. The topological polar surface area (TPSA) is 93.9 Å². The number of rotatable bonds is 9. The van der Waals surface area contributed by atoms with Crippen LogP contribution in [0.5, 0.6) is 0 Å².